The maximum Gasteiger partial charge on any atom is 0.244 e. The van der Waals surface area contributed by atoms with E-state index in [0.717, 1.165) is 39.0 Å². The molecule has 5 rings (SSSR count). The van der Waals surface area contributed by atoms with Crippen molar-refractivity contribution >= 4 is 56.3 Å². The van der Waals surface area contributed by atoms with Crippen LogP contribution >= 0.6 is 11.8 Å². The first-order valence-electron chi connectivity index (χ1n) is 9.90. The molecule has 0 aliphatic carbocycles. The number of hydrogen-bond donors (Lipinski definition) is 1. The van der Waals surface area contributed by atoms with Crippen LogP contribution in [0.4, 0.5) is 5.69 Å². The number of aromatic nitrogens is 2. The van der Waals surface area contributed by atoms with Gasteiger partial charge in [0.25, 0.3) is 0 Å². The maximum absolute atomic E-state index is 13.0. The van der Waals surface area contributed by atoms with Gasteiger partial charge in [-0.1, -0.05) is 30.3 Å². The molecule has 0 bridgehead atoms. The Bertz CT molecular complexity index is 1420. The van der Waals surface area contributed by atoms with Gasteiger partial charge in [0.05, 0.1) is 29.6 Å². The van der Waals surface area contributed by atoms with Crippen molar-refractivity contribution in [2.45, 2.75) is 12.3 Å². The van der Waals surface area contributed by atoms with Gasteiger partial charge < -0.3 is 19.0 Å². The molecule has 0 radical (unpaired) electrons. The maximum atomic E-state index is 13.0. The standard InChI is InChI=1S/C24H21N3O3S/c1-29-22-11-16-15-7-3-6-10-20(15)30-21(16)12-18(22)26-24(28)13-27-19-9-5-4-8-17(19)25-23(27)14-31-2/h3-12H,13-14H2,1-2H3,(H,26,28). The number of furan rings is 1. The average molecular weight is 432 g/mol. The van der Waals surface area contributed by atoms with Crippen LogP contribution in [0.1, 0.15) is 5.82 Å². The summed E-state index contributed by atoms with van der Waals surface area (Å²) in [5.41, 5.74) is 3.92. The third kappa shape index (κ3) is 3.51. The zero-order valence-corrected chi connectivity index (χ0v) is 18.0. The predicted octanol–water partition coefficient (Wildman–Crippen LogP) is 5.45. The van der Waals surface area contributed by atoms with Crippen molar-refractivity contribution in [2.75, 3.05) is 18.7 Å². The van der Waals surface area contributed by atoms with Gasteiger partial charge in [-0.15, -0.1) is 0 Å². The summed E-state index contributed by atoms with van der Waals surface area (Å²) in [5, 5.41) is 4.96. The van der Waals surface area contributed by atoms with Crippen molar-refractivity contribution in [2.24, 2.45) is 0 Å². The minimum absolute atomic E-state index is 0.153. The Morgan fingerprint density at radius 3 is 2.74 bits per heavy atom. The van der Waals surface area contributed by atoms with Gasteiger partial charge >= 0.3 is 0 Å². The Balaban J connectivity index is 1.49. The third-order valence-corrected chi connectivity index (χ3v) is 5.83. The van der Waals surface area contributed by atoms with Crippen LogP contribution in [-0.4, -0.2) is 28.8 Å². The Morgan fingerprint density at radius 2 is 1.90 bits per heavy atom. The lowest BCUT2D eigenvalue weighted by molar-refractivity contribution is -0.116. The lowest BCUT2D eigenvalue weighted by Gasteiger charge is -2.12. The summed E-state index contributed by atoms with van der Waals surface area (Å²) in [6, 6.07) is 19.4. The first-order chi connectivity index (χ1) is 15.2. The summed E-state index contributed by atoms with van der Waals surface area (Å²) >= 11 is 1.68. The molecule has 0 spiro atoms. The fourth-order valence-corrected chi connectivity index (χ4v) is 4.37. The van der Waals surface area contributed by atoms with Crippen LogP contribution in [0.3, 0.4) is 0 Å². The Morgan fingerprint density at radius 1 is 1.10 bits per heavy atom. The van der Waals surface area contributed by atoms with Crippen molar-refractivity contribution in [3.8, 4) is 5.75 Å². The number of fused-ring (bicyclic) bond motifs is 4. The average Bonchev–Trinajstić information content (AvgIpc) is 3.31. The third-order valence-electron chi connectivity index (χ3n) is 5.28. The Hall–Kier alpha value is -3.45. The van der Waals surface area contributed by atoms with E-state index in [1.807, 2.05) is 71.5 Å². The first kappa shape index (κ1) is 19.5. The van der Waals surface area contributed by atoms with Crippen molar-refractivity contribution in [3.05, 3.63) is 66.5 Å². The molecule has 0 aliphatic rings. The van der Waals surface area contributed by atoms with Crippen LogP contribution in [0.15, 0.2) is 65.1 Å². The monoisotopic (exact) mass is 431 g/mol. The summed E-state index contributed by atoms with van der Waals surface area (Å²) in [7, 11) is 1.60. The molecule has 31 heavy (non-hydrogen) atoms. The first-order valence-corrected chi connectivity index (χ1v) is 11.3. The number of anilines is 1. The van der Waals surface area contributed by atoms with Gasteiger partial charge in [-0.25, -0.2) is 4.98 Å². The number of thioether (sulfide) groups is 1. The summed E-state index contributed by atoms with van der Waals surface area (Å²) in [4.78, 5) is 17.7. The molecule has 0 saturated heterocycles. The highest BCUT2D eigenvalue weighted by Crippen LogP contribution is 2.36. The number of benzene rings is 3. The van der Waals surface area contributed by atoms with E-state index < -0.39 is 0 Å². The van der Waals surface area contributed by atoms with E-state index >= 15 is 0 Å². The molecular weight excluding hydrogens is 410 g/mol. The van der Waals surface area contributed by atoms with Gasteiger partial charge in [0, 0.05) is 16.8 Å². The molecule has 6 nitrogen and oxygen atoms in total. The fourth-order valence-electron chi connectivity index (χ4n) is 3.89. The molecular formula is C24H21N3O3S. The van der Waals surface area contributed by atoms with Crippen LogP contribution in [0.2, 0.25) is 0 Å². The van der Waals surface area contributed by atoms with Crippen LogP contribution in [0.25, 0.3) is 33.0 Å². The van der Waals surface area contributed by atoms with Crippen molar-refractivity contribution in [3.63, 3.8) is 0 Å². The highest BCUT2D eigenvalue weighted by Gasteiger charge is 2.17. The second-order valence-corrected chi connectivity index (χ2v) is 8.10. The van der Waals surface area contributed by atoms with Crippen molar-refractivity contribution in [1.82, 2.24) is 9.55 Å². The summed E-state index contributed by atoms with van der Waals surface area (Å²) in [6.45, 7) is 0.164. The molecule has 0 aliphatic heterocycles. The van der Waals surface area contributed by atoms with E-state index in [9.17, 15) is 4.79 Å². The second-order valence-electron chi connectivity index (χ2n) is 7.23. The minimum atomic E-state index is -0.153. The fraction of sp³-hybridized carbons (Fsp3) is 0.167. The summed E-state index contributed by atoms with van der Waals surface area (Å²) in [5.74, 6) is 2.05. The van der Waals surface area contributed by atoms with Crippen LogP contribution in [0.5, 0.6) is 5.75 Å². The minimum Gasteiger partial charge on any atom is -0.495 e. The lowest BCUT2D eigenvalue weighted by Crippen LogP contribution is -2.20. The highest BCUT2D eigenvalue weighted by atomic mass is 32.2. The molecule has 2 aromatic heterocycles. The Kier molecular flexibility index (Phi) is 5.03. The Labute approximate surface area is 183 Å². The lowest BCUT2D eigenvalue weighted by atomic mass is 10.1. The smallest absolute Gasteiger partial charge is 0.244 e. The molecule has 156 valence electrons. The number of para-hydroxylation sites is 3. The molecule has 0 unspecified atom stereocenters. The molecule has 1 amide bonds. The van der Waals surface area contributed by atoms with Gasteiger partial charge in [-0.3, -0.25) is 4.79 Å². The zero-order chi connectivity index (χ0) is 21.4. The van der Waals surface area contributed by atoms with Gasteiger partial charge in [-0.05, 0) is 30.5 Å². The number of amides is 1. The molecule has 0 saturated carbocycles. The van der Waals surface area contributed by atoms with E-state index in [2.05, 4.69) is 10.3 Å². The topological polar surface area (TPSA) is 69.3 Å². The summed E-state index contributed by atoms with van der Waals surface area (Å²) < 4.78 is 13.5. The number of hydrogen-bond acceptors (Lipinski definition) is 5. The van der Waals surface area contributed by atoms with Crippen LogP contribution < -0.4 is 10.1 Å². The van der Waals surface area contributed by atoms with Gasteiger partial charge in [0.1, 0.15) is 29.3 Å². The van der Waals surface area contributed by atoms with Gasteiger partial charge in [0.15, 0.2) is 0 Å². The van der Waals surface area contributed by atoms with Gasteiger partial charge in [0.2, 0.25) is 5.91 Å². The molecule has 3 aromatic carbocycles. The van der Waals surface area contributed by atoms with Crippen LogP contribution in [0, 0.1) is 0 Å². The normalized spacial score (nSPS) is 11.4. The molecule has 1 N–H and O–H groups in total. The zero-order valence-electron chi connectivity index (χ0n) is 17.2. The number of rotatable bonds is 6. The number of imidazole rings is 1. The number of carbonyl (C=O) groups is 1. The largest absolute Gasteiger partial charge is 0.495 e. The molecule has 7 heteroatoms. The van der Waals surface area contributed by atoms with E-state index in [4.69, 9.17) is 9.15 Å². The van der Waals surface area contributed by atoms with E-state index in [1.165, 1.54) is 0 Å². The number of ether oxygens (including phenoxy) is 1. The second kappa shape index (κ2) is 8.00. The summed E-state index contributed by atoms with van der Waals surface area (Å²) in [6.07, 6.45) is 2.02. The number of carbonyl (C=O) groups excluding carboxylic acids is 1. The van der Waals surface area contributed by atoms with E-state index in [1.54, 1.807) is 18.9 Å². The highest BCUT2D eigenvalue weighted by molar-refractivity contribution is 7.97. The number of nitrogens with zero attached hydrogens (tertiary/aromatic N) is 2. The molecule has 2 heterocycles. The van der Waals surface area contributed by atoms with Crippen molar-refractivity contribution in [1.29, 1.82) is 0 Å². The number of nitrogens with one attached hydrogen (secondary N) is 1. The van der Waals surface area contributed by atoms with Gasteiger partial charge in [-0.2, -0.15) is 11.8 Å². The number of methoxy groups -OCH3 is 1. The quantitative estimate of drug-likeness (QED) is 0.387. The SMILES string of the molecule is COc1cc2c(cc1NC(=O)Cn1c(CSC)nc3ccccc31)oc1ccccc12. The molecule has 5 aromatic rings. The molecule has 0 fully saturated rings. The van der Waals surface area contributed by atoms with E-state index in [-0.39, 0.29) is 12.5 Å². The predicted molar refractivity (Wildman–Crippen MR) is 126 cm³/mol. The molecule has 0 atom stereocenters. The van der Waals surface area contributed by atoms with Crippen LogP contribution in [-0.2, 0) is 17.1 Å². The van der Waals surface area contributed by atoms with Crippen molar-refractivity contribution < 1.29 is 13.9 Å². The van der Waals surface area contributed by atoms with E-state index in [0.29, 0.717) is 17.0 Å².